The number of carbonyl (C=O) groups excluding carboxylic acids is 1. The standard InChI is InChI=1S/C33H45NO2/c1-4-5-6-7-8-10-13-27-16-19-30(20-17-27)33(22-11-9-12-23-33)32(35)36-31-21-18-28(15-14-26(2)3)24-29(31)25-34/h16-21,24,26H,4-15,22-23H2,1-3H3. The van der Waals surface area contributed by atoms with Crippen LogP contribution in [0.4, 0.5) is 0 Å². The molecular weight excluding hydrogens is 442 g/mol. The normalized spacial score (nSPS) is 15.0. The van der Waals surface area contributed by atoms with Crippen molar-refractivity contribution in [3.8, 4) is 11.8 Å². The Morgan fingerprint density at radius 2 is 1.58 bits per heavy atom. The Morgan fingerprint density at radius 1 is 0.917 bits per heavy atom. The van der Waals surface area contributed by atoms with Gasteiger partial charge in [-0.1, -0.05) is 102 Å². The van der Waals surface area contributed by atoms with Crippen molar-refractivity contribution < 1.29 is 9.53 Å². The summed E-state index contributed by atoms with van der Waals surface area (Å²) in [6.45, 7) is 6.65. The number of aryl methyl sites for hydroxylation is 2. The molecule has 3 rings (SSSR count). The van der Waals surface area contributed by atoms with E-state index in [-0.39, 0.29) is 5.97 Å². The summed E-state index contributed by atoms with van der Waals surface area (Å²) >= 11 is 0. The van der Waals surface area contributed by atoms with Gasteiger partial charge < -0.3 is 4.74 Å². The molecule has 0 aromatic heterocycles. The number of esters is 1. The monoisotopic (exact) mass is 487 g/mol. The highest BCUT2D eigenvalue weighted by Gasteiger charge is 2.43. The lowest BCUT2D eigenvalue weighted by molar-refractivity contribution is -0.142. The molecule has 0 bridgehead atoms. The zero-order valence-electron chi connectivity index (χ0n) is 22.8. The lowest BCUT2D eigenvalue weighted by atomic mass is 9.69. The first kappa shape index (κ1) is 28.0. The van der Waals surface area contributed by atoms with E-state index < -0.39 is 5.41 Å². The largest absolute Gasteiger partial charge is 0.424 e. The van der Waals surface area contributed by atoms with Crippen LogP contribution in [-0.2, 0) is 23.1 Å². The number of hydrogen-bond donors (Lipinski definition) is 0. The number of carbonyl (C=O) groups is 1. The van der Waals surface area contributed by atoms with Crippen LogP contribution < -0.4 is 4.74 Å². The van der Waals surface area contributed by atoms with Gasteiger partial charge in [0.05, 0.1) is 11.0 Å². The molecule has 0 unspecified atom stereocenters. The van der Waals surface area contributed by atoms with Crippen molar-refractivity contribution >= 4 is 5.97 Å². The predicted molar refractivity (Wildman–Crippen MR) is 148 cm³/mol. The van der Waals surface area contributed by atoms with Crippen LogP contribution in [0.1, 0.15) is 120 Å². The van der Waals surface area contributed by atoms with Crippen molar-refractivity contribution in [3.05, 3.63) is 64.7 Å². The molecule has 3 heteroatoms. The van der Waals surface area contributed by atoms with Gasteiger partial charge in [0.2, 0.25) is 0 Å². The Bertz CT molecular complexity index is 993. The second-order valence-corrected chi connectivity index (χ2v) is 11.1. The van der Waals surface area contributed by atoms with Gasteiger partial charge in [-0.2, -0.15) is 5.26 Å². The number of ether oxygens (including phenoxy) is 1. The molecule has 0 spiro atoms. The van der Waals surface area contributed by atoms with E-state index in [1.807, 2.05) is 18.2 Å². The molecule has 1 saturated carbocycles. The maximum Gasteiger partial charge on any atom is 0.321 e. The van der Waals surface area contributed by atoms with Crippen LogP contribution in [0.5, 0.6) is 5.75 Å². The molecule has 0 amide bonds. The highest BCUT2D eigenvalue weighted by Crippen LogP contribution is 2.41. The van der Waals surface area contributed by atoms with Gasteiger partial charge in [0, 0.05) is 0 Å². The van der Waals surface area contributed by atoms with Crippen molar-refractivity contribution in [1.29, 1.82) is 5.26 Å². The van der Waals surface area contributed by atoms with Gasteiger partial charge >= 0.3 is 5.97 Å². The average Bonchev–Trinajstić information content (AvgIpc) is 2.90. The quantitative estimate of drug-likeness (QED) is 0.161. The Labute approximate surface area is 219 Å². The topological polar surface area (TPSA) is 50.1 Å². The Balaban J connectivity index is 1.71. The molecule has 194 valence electrons. The second-order valence-electron chi connectivity index (χ2n) is 11.1. The first-order valence-electron chi connectivity index (χ1n) is 14.3. The van der Waals surface area contributed by atoms with E-state index in [1.54, 1.807) is 0 Å². The minimum absolute atomic E-state index is 0.211. The van der Waals surface area contributed by atoms with Crippen molar-refractivity contribution in [2.75, 3.05) is 0 Å². The number of unbranched alkanes of at least 4 members (excludes halogenated alkanes) is 5. The summed E-state index contributed by atoms with van der Waals surface area (Å²) in [4.78, 5) is 13.7. The van der Waals surface area contributed by atoms with Gasteiger partial charge in [-0.25, -0.2) is 0 Å². The average molecular weight is 488 g/mol. The van der Waals surface area contributed by atoms with Crippen molar-refractivity contribution in [3.63, 3.8) is 0 Å². The number of benzene rings is 2. The van der Waals surface area contributed by atoms with Gasteiger partial charge in [-0.3, -0.25) is 4.79 Å². The third-order valence-electron chi connectivity index (χ3n) is 7.80. The van der Waals surface area contributed by atoms with Gasteiger partial charge in [-0.15, -0.1) is 0 Å². The molecule has 0 atom stereocenters. The molecule has 1 aliphatic rings. The summed E-state index contributed by atoms with van der Waals surface area (Å²) in [5, 5.41) is 9.75. The van der Waals surface area contributed by atoms with Gasteiger partial charge in [0.15, 0.2) is 0 Å². The smallest absolute Gasteiger partial charge is 0.321 e. The van der Waals surface area contributed by atoms with Crippen molar-refractivity contribution in [2.45, 2.75) is 116 Å². The Hall–Kier alpha value is -2.60. The summed E-state index contributed by atoms with van der Waals surface area (Å²) in [7, 11) is 0. The maximum absolute atomic E-state index is 13.7. The molecule has 0 radical (unpaired) electrons. The molecule has 1 fully saturated rings. The van der Waals surface area contributed by atoms with Gasteiger partial charge in [-0.05, 0) is 73.3 Å². The maximum atomic E-state index is 13.7. The summed E-state index contributed by atoms with van der Waals surface area (Å²) in [5.41, 5.74) is 3.35. The van der Waals surface area contributed by atoms with E-state index in [9.17, 15) is 10.1 Å². The highest BCUT2D eigenvalue weighted by molar-refractivity contribution is 5.85. The second kappa shape index (κ2) is 14.2. The molecule has 3 nitrogen and oxygen atoms in total. The number of nitriles is 1. The minimum Gasteiger partial charge on any atom is -0.424 e. The van der Waals surface area contributed by atoms with E-state index in [2.05, 4.69) is 51.1 Å². The molecule has 0 saturated heterocycles. The molecule has 2 aromatic carbocycles. The van der Waals surface area contributed by atoms with Gasteiger partial charge in [0.25, 0.3) is 0 Å². The van der Waals surface area contributed by atoms with Crippen LogP contribution in [0.2, 0.25) is 0 Å². The van der Waals surface area contributed by atoms with Crippen LogP contribution in [-0.4, -0.2) is 5.97 Å². The van der Waals surface area contributed by atoms with Crippen LogP contribution in [0, 0.1) is 17.2 Å². The van der Waals surface area contributed by atoms with E-state index in [1.165, 1.54) is 44.1 Å². The van der Waals surface area contributed by atoms with E-state index in [4.69, 9.17) is 4.74 Å². The molecule has 0 heterocycles. The number of hydrogen-bond acceptors (Lipinski definition) is 3. The summed E-state index contributed by atoms with van der Waals surface area (Å²) in [5.74, 6) is 0.786. The van der Waals surface area contributed by atoms with E-state index >= 15 is 0 Å². The molecular formula is C33H45NO2. The van der Waals surface area contributed by atoms with E-state index in [0.717, 1.165) is 62.5 Å². The summed E-state index contributed by atoms with van der Waals surface area (Å²) < 4.78 is 5.99. The van der Waals surface area contributed by atoms with Crippen LogP contribution >= 0.6 is 0 Å². The number of nitrogens with zero attached hydrogens (tertiary/aromatic N) is 1. The fraction of sp³-hybridized carbons (Fsp3) is 0.576. The van der Waals surface area contributed by atoms with Crippen molar-refractivity contribution in [1.82, 2.24) is 0 Å². The molecule has 0 aliphatic heterocycles. The minimum atomic E-state index is -0.625. The fourth-order valence-electron chi connectivity index (χ4n) is 5.43. The fourth-order valence-corrected chi connectivity index (χ4v) is 5.43. The van der Waals surface area contributed by atoms with Crippen LogP contribution in [0.3, 0.4) is 0 Å². The van der Waals surface area contributed by atoms with Crippen LogP contribution in [0.25, 0.3) is 0 Å². The van der Waals surface area contributed by atoms with Gasteiger partial charge in [0.1, 0.15) is 11.8 Å². The lowest BCUT2D eigenvalue weighted by Gasteiger charge is -2.35. The Kier molecular flexibility index (Phi) is 11.1. The summed E-state index contributed by atoms with van der Waals surface area (Å²) in [6, 6.07) is 16.7. The summed E-state index contributed by atoms with van der Waals surface area (Å²) in [6.07, 6.45) is 15.7. The molecule has 2 aromatic rings. The molecule has 1 aliphatic carbocycles. The van der Waals surface area contributed by atoms with E-state index in [0.29, 0.717) is 17.2 Å². The third kappa shape index (κ3) is 7.70. The zero-order chi connectivity index (χ0) is 25.8. The first-order chi connectivity index (χ1) is 17.5. The highest BCUT2D eigenvalue weighted by atomic mass is 16.5. The predicted octanol–water partition coefficient (Wildman–Crippen LogP) is 8.86. The Morgan fingerprint density at radius 3 is 2.25 bits per heavy atom. The van der Waals surface area contributed by atoms with Crippen molar-refractivity contribution in [2.24, 2.45) is 5.92 Å². The lowest BCUT2D eigenvalue weighted by Crippen LogP contribution is -2.41. The molecule has 36 heavy (non-hydrogen) atoms. The van der Waals surface area contributed by atoms with Crippen LogP contribution in [0.15, 0.2) is 42.5 Å². The first-order valence-corrected chi connectivity index (χ1v) is 14.3. The SMILES string of the molecule is CCCCCCCCc1ccc(C2(C(=O)Oc3ccc(CCC(C)C)cc3C#N)CCCCC2)cc1. The third-order valence-corrected chi connectivity index (χ3v) is 7.80. The zero-order valence-corrected chi connectivity index (χ0v) is 22.8. The molecule has 0 N–H and O–H groups in total. The number of rotatable bonds is 13.